The van der Waals surface area contributed by atoms with E-state index < -0.39 is 10.0 Å². The summed E-state index contributed by atoms with van der Waals surface area (Å²) in [5.74, 6) is -0.106. The summed E-state index contributed by atoms with van der Waals surface area (Å²) in [6.07, 6.45) is 5.22. The minimum Gasteiger partial charge on any atom is -0.399 e. The van der Waals surface area contributed by atoms with E-state index in [2.05, 4.69) is 4.98 Å². The molecule has 0 radical (unpaired) electrons. The molecule has 0 atom stereocenters. The van der Waals surface area contributed by atoms with Gasteiger partial charge in [-0.2, -0.15) is 4.31 Å². The summed E-state index contributed by atoms with van der Waals surface area (Å²) < 4.78 is 29.7. The van der Waals surface area contributed by atoms with Crippen LogP contribution in [0.5, 0.6) is 0 Å². The Bertz CT molecular complexity index is 1410. The molecule has 1 amide bonds. The van der Waals surface area contributed by atoms with Crippen LogP contribution in [0.4, 0.5) is 5.69 Å². The number of aromatic nitrogens is 2. The molecule has 0 aliphatic carbocycles. The van der Waals surface area contributed by atoms with Crippen LogP contribution in [-0.2, 0) is 10.0 Å². The molecule has 0 unspecified atom stereocenters. The quantitative estimate of drug-likeness (QED) is 0.471. The van der Waals surface area contributed by atoms with Crippen molar-refractivity contribution in [3.63, 3.8) is 0 Å². The van der Waals surface area contributed by atoms with Gasteiger partial charge in [-0.1, -0.05) is 12.1 Å². The number of anilines is 1. The maximum atomic E-state index is 13.2. The van der Waals surface area contributed by atoms with E-state index in [0.29, 0.717) is 24.3 Å². The lowest BCUT2D eigenvalue weighted by molar-refractivity contribution is 0.0698. The summed E-state index contributed by atoms with van der Waals surface area (Å²) in [6, 6.07) is 17.8. The lowest BCUT2D eigenvalue weighted by Gasteiger charge is -2.34. The Morgan fingerprint density at radius 2 is 1.61 bits per heavy atom. The number of carbonyl (C=O) groups excluding carboxylic acids is 1. The van der Waals surface area contributed by atoms with Crippen molar-refractivity contribution in [1.29, 1.82) is 0 Å². The zero-order valence-corrected chi connectivity index (χ0v) is 18.6. The van der Waals surface area contributed by atoms with Crippen LogP contribution in [0.1, 0.15) is 10.4 Å². The first-order valence-corrected chi connectivity index (χ1v) is 12.0. The molecule has 5 rings (SSSR count). The van der Waals surface area contributed by atoms with Gasteiger partial charge < -0.3 is 15.2 Å². The molecule has 9 heteroatoms. The van der Waals surface area contributed by atoms with E-state index in [4.69, 9.17) is 5.73 Å². The average molecular weight is 462 g/mol. The summed E-state index contributed by atoms with van der Waals surface area (Å²) >= 11 is 0. The molecule has 3 aromatic carbocycles. The van der Waals surface area contributed by atoms with E-state index >= 15 is 0 Å². The normalized spacial score (nSPS) is 15.1. The average Bonchev–Trinajstić information content (AvgIpc) is 3.38. The van der Waals surface area contributed by atoms with Gasteiger partial charge in [-0.25, -0.2) is 13.4 Å². The summed E-state index contributed by atoms with van der Waals surface area (Å²) in [4.78, 5) is 18.9. The molecule has 0 spiro atoms. The summed E-state index contributed by atoms with van der Waals surface area (Å²) in [7, 11) is -3.66. The Hall–Kier alpha value is -3.69. The zero-order chi connectivity index (χ0) is 23.0. The molecule has 0 saturated carbocycles. The van der Waals surface area contributed by atoms with E-state index in [9.17, 15) is 13.2 Å². The molecular formula is C24H23N5O3S. The number of hydrogen-bond acceptors (Lipinski definition) is 5. The molecule has 33 heavy (non-hydrogen) atoms. The lowest BCUT2D eigenvalue weighted by atomic mass is 10.1. The smallest absolute Gasteiger partial charge is 0.253 e. The van der Waals surface area contributed by atoms with Gasteiger partial charge in [0.1, 0.15) is 0 Å². The number of nitrogens with zero attached hydrogens (tertiary/aromatic N) is 4. The molecule has 168 valence electrons. The van der Waals surface area contributed by atoms with Gasteiger partial charge in [0.2, 0.25) is 10.0 Å². The van der Waals surface area contributed by atoms with E-state index in [-0.39, 0.29) is 23.9 Å². The van der Waals surface area contributed by atoms with Crippen molar-refractivity contribution >= 4 is 32.4 Å². The van der Waals surface area contributed by atoms with Crippen LogP contribution in [0, 0.1) is 0 Å². The molecule has 8 nitrogen and oxygen atoms in total. The third kappa shape index (κ3) is 4.08. The number of amides is 1. The second-order valence-electron chi connectivity index (χ2n) is 7.98. The molecule has 1 aromatic heterocycles. The van der Waals surface area contributed by atoms with E-state index in [1.807, 2.05) is 29.0 Å². The second kappa shape index (κ2) is 8.34. The molecule has 2 N–H and O–H groups in total. The van der Waals surface area contributed by atoms with Gasteiger partial charge >= 0.3 is 0 Å². The SMILES string of the molecule is Nc1ccc2ccc(S(=O)(=O)N3CCN(C(=O)c4ccc(-n5ccnc5)cc4)CC3)cc2c1. The highest BCUT2D eigenvalue weighted by molar-refractivity contribution is 7.89. The monoisotopic (exact) mass is 461 g/mol. The van der Waals surface area contributed by atoms with Gasteiger partial charge in [-0.3, -0.25) is 4.79 Å². The topological polar surface area (TPSA) is 102 Å². The van der Waals surface area contributed by atoms with Gasteiger partial charge in [0.25, 0.3) is 5.91 Å². The van der Waals surface area contributed by atoms with Crippen LogP contribution in [0.2, 0.25) is 0 Å². The van der Waals surface area contributed by atoms with E-state index in [1.165, 1.54) is 4.31 Å². The minimum absolute atomic E-state index is 0.106. The Labute approximate surface area is 191 Å². The van der Waals surface area contributed by atoms with Crippen molar-refractivity contribution in [2.45, 2.75) is 4.90 Å². The highest BCUT2D eigenvalue weighted by atomic mass is 32.2. The fourth-order valence-electron chi connectivity index (χ4n) is 4.05. The number of benzene rings is 3. The lowest BCUT2D eigenvalue weighted by Crippen LogP contribution is -2.50. The standard InChI is InChI=1S/C24H23N5O3S/c25-21-5-1-18-4-8-23(16-20(18)15-21)33(31,32)29-13-11-27(12-14-29)24(30)19-2-6-22(7-3-19)28-10-9-26-17-28/h1-10,15-17H,11-14,25H2. The summed E-state index contributed by atoms with van der Waals surface area (Å²) in [5, 5.41) is 1.71. The van der Waals surface area contributed by atoms with Crippen molar-refractivity contribution < 1.29 is 13.2 Å². The highest BCUT2D eigenvalue weighted by Gasteiger charge is 2.30. The predicted molar refractivity (Wildman–Crippen MR) is 127 cm³/mol. The van der Waals surface area contributed by atoms with Crippen molar-refractivity contribution in [2.75, 3.05) is 31.9 Å². The van der Waals surface area contributed by atoms with Crippen molar-refractivity contribution in [1.82, 2.24) is 18.8 Å². The van der Waals surface area contributed by atoms with Crippen LogP contribution >= 0.6 is 0 Å². The second-order valence-corrected chi connectivity index (χ2v) is 9.92. The molecule has 0 bridgehead atoms. The van der Waals surface area contributed by atoms with Gasteiger partial charge in [-0.05, 0) is 59.3 Å². The van der Waals surface area contributed by atoms with Gasteiger partial charge in [0.05, 0.1) is 11.2 Å². The van der Waals surface area contributed by atoms with Crippen LogP contribution in [-0.4, -0.2) is 59.3 Å². The molecular weight excluding hydrogens is 438 g/mol. The number of nitrogens with two attached hydrogens (primary N) is 1. The minimum atomic E-state index is -3.66. The Morgan fingerprint density at radius 3 is 2.30 bits per heavy atom. The van der Waals surface area contributed by atoms with E-state index in [1.54, 1.807) is 59.9 Å². The first kappa shape index (κ1) is 21.2. The Kier molecular flexibility index (Phi) is 5.35. The number of nitrogen functional groups attached to an aromatic ring is 1. The first-order chi connectivity index (χ1) is 15.9. The molecule has 1 fully saturated rings. The number of imidazole rings is 1. The third-order valence-corrected chi connectivity index (χ3v) is 7.81. The van der Waals surface area contributed by atoms with Crippen LogP contribution < -0.4 is 5.73 Å². The van der Waals surface area contributed by atoms with Crippen LogP contribution in [0.15, 0.2) is 84.3 Å². The van der Waals surface area contributed by atoms with Gasteiger partial charge in [0, 0.05) is 55.5 Å². The largest absolute Gasteiger partial charge is 0.399 e. The zero-order valence-electron chi connectivity index (χ0n) is 17.8. The van der Waals surface area contributed by atoms with E-state index in [0.717, 1.165) is 16.5 Å². The van der Waals surface area contributed by atoms with Crippen molar-refractivity contribution in [3.05, 3.63) is 84.9 Å². The number of sulfonamides is 1. The highest BCUT2D eigenvalue weighted by Crippen LogP contribution is 2.25. The van der Waals surface area contributed by atoms with Crippen molar-refractivity contribution in [2.24, 2.45) is 0 Å². The molecule has 1 saturated heterocycles. The summed E-state index contributed by atoms with van der Waals surface area (Å²) in [5.41, 5.74) is 7.92. The number of piperazine rings is 1. The predicted octanol–water partition coefficient (Wildman–Crippen LogP) is 2.75. The van der Waals surface area contributed by atoms with Crippen LogP contribution in [0.3, 0.4) is 0 Å². The maximum absolute atomic E-state index is 13.2. The molecule has 1 aliphatic rings. The fourth-order valence-corrected chi connectivity index (χ4v) is 5.51. The van der Waals surface area contributed by atoms with Gasteiger partial charge in [-0.15, -0.1) is 0 Å². The number of rotatable bonds is 4. The molecule has 1 aliphatic heterocycles. The van der Waals surface area contributed by atoms with Gasteiger partial charge in [0.15, 0.2) is 0 Å². The Morgan fingerprint density at radius 1 is 0.879 bits per heavy atom. The maximum Gasteiger partial charge on any atom is 0.253 e. The fraction of sp³-hybridized carbons (Fsp3) is 0.167. The molecule has 2 heterocycles. The number of hydrogen-bond donors (Lipinski definition) is 1. The van der Waals surface area contributed by atoms with Crippen LogP contribution in [0.25, 0.3) is 16.5 Å². The first-order valence-electron chi connectivity index (χ1n) is 10.6. The number of fused-ring (bicyclic) bond motifs is 1. The summed E-state index contributed by atoms with van der Waals surface area (Å²) in [6.45, 7) is 1.16. The Balaban J connectivity index is 1.28. The van der Waals surface area contributed by atoms with Crippen molar-refractivity contribution in [3.8, 4) is 5.69 Å². The third-order valence-electron chi connectivity index (χ3n) is 5.92. The molecule has 4 aromatic rings. The number of carbonyl (C=O) groups is 1.